The third-order valence-corrected chi connectivity index (χ3v) is 2.76. The van der Waals surface area contributed by atoms with E-state index in [4.69, 9.17) is 5.11 Å². The zero-order valence-electron chi connectivity index (χ0n) is 8.16. The topological polar surface area (TPSA) is 71.4 Å². The summed E-state index contributed by atoms with van der Waals surface area (Å²) in [5.41, 5.74) is 0. The number of carboxylic acids is 1. The Balaban J connectivity index is 2.51. The highest BCUT2D eigenvalue weighted by molar-refractivity contribution is 6.05. The predicted octanol–water partition coefficient (Wildman–Crippen LogP) is 1.04. The number of Topliss-reactive ketones (excluding diaryl/α,β-unsaturated/α-hetero) is 2. The van der Waals surface area contributed by atoms with E-state index in [2.05, 4.69) is 0 Å². The van der Waals surface area contributed by atoms with Crippen LogP contribution in [0.5, 0.6) is 0 Å². The molecule has 1 N–H and O–H groups in total. The van der Waals surface area contributed by atoms with Gasteiger partial charge < -0.3 is 5.11 Å². The smallest absolute Gasteiger partial charge is 0.303 e. The summed E-state index contributed by atoms with van der Waals surface area (Å²) in [5, 5.41) is 8.47. The van der Waals surface area contributed by atoms with Crippen molar-refractivity contribution in [1.82, 2.24) is 0 Å². The Labute approximate surface area is 82.3 Å². The highest BCUT2D eigenvalue weighted by Crippen LogP contribution is 2.26. The van der Waals surface area contributed by atoms with E-state index in [9.17, 15) is 14.4 Å². The van der Waals surface area contributed by atoms with Gasteiger partial charge in [0.1, 0.15) is 11.6 Å². The number of carbonyl (C=O) groups is 3. The van der Waals surface area contributed by atoms with Gasteiger partial charge in [0.25, 0.3) is 0 Å². The van der Waals surface area contributed by atoms with Gasteiger partial charge in [-0.2, -0.15) is 0 Å². The first-order valence-corrected chi connectivity index (χ1v) is 4.80. The van der Waals surface area contributed by atoms with Gasteiger partial charge in [-0.05, 0) is 19.8 Å². The molecule has 1 rings (SSSR count). The fourth-order valence-electron chi connectivity index (χ4n) is 1.77. The first kappa shape index (κ1) is 10.9. The maximum absolute atomic E-state index is 11.5. The van der Waals surface area contributed by atoms with Crippen molar-refractivity contribution in [2.45, 2.75) is 32.6 Å². The molecule has 1 fully saturated rings. The van der Waals surface area contributed by atoms with Gasteiger partial charge in [0.15, 0.2) is 0 Å². The Kier molecular flexibility index (Phi) is 3.38. The predicted molar refractivity (Wildman–Crippen MR) is 48.8 cm³/mol. The molecule has 4 nitrogen and oxygen atoms in total. The summed E-state index contributed by atoms with van der Waals surface area (Å²) in [6.45, 7) is 1.61. The summed E-state index contributed by atoms with van der Waals surface area (Å²) >= 11 is 0. The van der Waals surface area contributed by atoms with E-state index < -0.39 is 11.9 Å². The molecule has 2 atom stereocenters. The molecule has 1 saturated carbocycles. The number of aliphatic carboxylic acids is 1. The molecular formula is C10H14O4. The minimum Gasteiger partial charge on any atom is -0.481 e. The van der Waals surface area contributed by atoms with Gasteiger partial charge in [0.05, 0.1) is 5.92 Å². The van der Waals surface area contributed by atoms with Crippen molar-refractivity contribution < 1.29 is 19.5 Å². The van der Waals surface area contributed by atoms with Gasteiger partial charge >= 0.3 is 5.97 Å². The van der Waals surface area contributed by atoms with Gasteiger partial charge in [0.2, 0.25) is 0 Å². The molecule has 14 heavy (non-hydrogen) atoms. The van der Waals surface area contributed by atoms with Crippen LogP contribution in [0.4, 0.5) is 0 Å². The minimum atomic E-state index is -0.887. The monoisotopic (exact) mass is 198 g/mol. The molecule has 1 aliphatic carbocycles. The van der Waals surface area contributed by atoms with Gasteiger partial charge in [-0.1, -0.05) is 0 Å². The van der Waals surface area contributed by atoms with Crippen molar-refractivity contribution in [3.05, 3.63) is 0 Å². The van der Waals surface area contributed by atoms with Crippen LogP contribution in [-0.4, -0.2) is 22.6 Å². The Morgan fingerprint density at radius 1 is 1.50 bits per heavy atom. The van der Waals surface area contributed by atoms with Crippen molar-refractivity contribution in [2.24, 2.45) is 11.8 Å². The Hall–Kier alpha value is -1.19. The van der Waals surface area contributed by atoms with Crippen molar-refractivity contribution in [1.29, 1.82) is 0 Å². The van der Waals surface area contributed by atoms with E-state index in [0.717, 1.165) is 0 Å². The van der Waals surface area contributed by atoms with E-state index in [1.54, 1.807) is 6.92 Å². The van der Waals surface area contributed by atoms with Crippen LogP contribution in [0.3, 0.4) is 0 Å². The van der Waals surface area contributed by atoms with Crippen LogP contribution in [0.25, 0.3) is 0 Å². The third kappa shape index (κ3) is 2.40. The standard InChI is InChI=1S/C10H14O4/c1-6-8(11)4-2-7(10(6)14)3-5-9(12)13/h6-7H,2-5H2,1H3,(H,12,13). The molecular weight excluding hydrogens is 184 g/mol. The lowest BCUT2D eigenvalue weighted by Crippen LogP contribution is -2.33. The summed E-state index contributed by atoms with van der Waals surface area (Å²) < 4.78 is 0. The Morgan fingerprint density at radius 2 is 2.14 bits per heavy atom. The number of hydrogen-bond donors (Lipinski definition) is 1. The highest BCUT2D eigenvalue weighted by Gasteiger charge is 2.33. The molecule has 0 saturated heterocycles. The Bertz CT molecular complexity index is 269. The third-order valence-electron chi connectivity index (χ3n) is 2.76. The van der Waals surface area contributed by atoms with Crippen molar-refractivity contribution in [3.8, 4) is 0 Å². The summed E-state index contributed by atoms with van der Waals surface area (Å²) in [5.74, 6) is -1.73. The fourth-order valence-corrected chi connectivity index (χ4v) is 1.77. The van der Waals surface area contributed by atoms with Crippen LogP contribution in [-0.2, 0) is 14.4 Å². The largest absolute Gasteiger partial charge is 0.481 e. The van der Waals surface area contributed by atoms with Crippen molar-refractivity contribution in [3.63, 3.8) is 0 Å². The molecule has 0 aliphatic heterocycles. The second kappa shape index (κ2) is 4.35. The molecule has 0 spiro atoms. The van der Waals surface area contributed by atoms with E-state index >= 15 is 0 Å². The van der Waals surface area contributed by atoms with Gasteiger partial charge in [-0.15, -0.1) is 0 Å². The second-order valence-corrected chi connectivity index (χ2v) is 3.76. The molecule has 1 aliphatic rings. The maximum Gasteiger partial charge on any atom is 0.303 e. The molecule has 2 unspecified atom stereocenters. The van der Waals surface area contributed by atoms with Crippen LogP contribution in [0.15, 0.2) is 0 Å². The minimum absolute atomic E-state index is 0.0112. The maximum atomic E-state index is 11.5. The van der Waals surface area contributed by atoms with Crippen LogP contribution >= 0.6 is 0 Å². The summed E-state index contributed by atoms with van der Waals surface area (Å²) in [4.78, 5) is 33.0. The average Bonchev–Trinajstić information content (AvgIpc) is 2.13. The molecule has 4 heteroatoms. The zero-order chi connectivity index (χ0) is 10.7. The van der Waals surface area contributed by atoms with Gasteiger partial charge in [0, 0.05) is 18.8 Å². The summed E-state index contributed by atoms with van der Waals surface area (Å²) in [6.07, 6.45) is 1.32. The van der Waals surface area contributed by atoms with Crippen LogP contribution in [0.1, 0.15) is 32.6 Å². The van der Waals surface area contributed by atoms with Crippen molar-refractivity contribution in [2.75, 3.05) is 0 Å². The van der Waals surface area contributed by atoms with Crippen LogP contribution < -0.4 is 0 Å². The SMILES string of the molecule is CC1C(=O)CCC(CCC(=O)O)C1=O. The lowest BCUT2D eigenvalue weighted by molar-refractivity contribution is -0.139. The molecule has 0 radical (unpaired) electrons. The summed E-state index contributed by atoms with van der Waals surface area (Å²) in [7, 11) is 0. The number of hydrogen-bond acceptors (Lipinski definition) is 3. The summed E-state index contributed by atoms with van der Waals surface area (Å²) in [6, 6.07) is 0. The lowest BCUT2D eigenvalue weighted by Gasteiger charge is -2.23. The average molecular weight is 198 g/mol. The van der Waals surface area contributed by atoms with Crippen molar-refractivity contribution >= 4 is 17.5 Å². The first-order valence-electron chi connectivity index (χ1n) is 4.80. The molecule has 78 valence electrons. The molecule has 0 aromatic carbocycles. The van der Waals surface area contributed by atoms with Crippen LogP contribution in [0, 0.1) is 11.8 Å². The number of ketones is 2. The number of carbonyl (C=O) groups excluding carboxylic acids is 2. The molecule has 0 aromatic rings. The van der Waals surface area contributed by atoms with Gasteiger partial charge in [-0.25, -0.2) is 0 Å². The first-order chi connectivity index (χ1) is 6.52. The number of carboxylic acid groups (broad SMARTS) is 1. The zero-order valence-corrected chi connectivity index (χ0v) is 8.16. The highest BCUT2D eigenvalue weighted by atomic mass is 16.4. The van der Waals surface area contributed by atoms with E-state index in [-0.39, 0.29) is 23.9 Å². The molecule has 0 amide bonds. The normalized spacial score (nSPS) is 27.8. The molecule has 0 bridgehead atoms. The Morgan fingerprint density at radius 3 is 2.71 bits per heavy atom. The molecule has 0 aromatic heterocycles. The quantitative estimate of drug-likeness (QED) is 0.687. The number of rotatable bonds is 3. The van der Waals surface area contributed by atoms with E-state index in [0.29, 0.717) is 19.3 Å². The van der Waals surface area contributed by atoms with E-state index in [1.807, 2.05) is 0 Å². The van der Waals surface area contributed by atoms with E-state index in [1.165, 1.54) is 0 Å². The van der Waals surface area contributed by atoms with Crippen LogP contribution in [0.2, 0.25) is 0 Å². The molecule has 0 heterocycles. The fraction of sp³-hybridized carbons (Fsp3) is 0.700. The van der Waals surface area contributed by atoms with Gasteiger partial charge in [-0.3, -0.25) is 14.4 Å². The second-order valence-electron chi connectivity index (χ2n) is 3.76. The lowest BCUT2D eigenvalue weighted by atomic mass is 9.78.